The normalized spacial score (nSPS) is 11.9. The minimum Gasteiger partial charge on any atom is -0.497 e. The van der Waals surface area contributed by atoms with Gasteiger partial charge < -0.3 is 10.1 Å². The van der Waals surface area contributed by atoms with Crippen LogP contribution in [-0.2, 0) is 0 Å². The van der Waals surface area contributed by atoms with Crippen molar-refractivity contribution in [3.63, 3.8) is 0 Å². The average molecular weight is 271 g/mol. The summed E-state index contributed by atoms with van der Waals surface area (Å²) in [6.07, 6.45) is 4.67. The second kappa shape index (κ2) is 6.89. The van der Waals surface area contributed by atoms with Gasteiger partial charge in [0.1, 0.15) is 5.75 Å². The van der Waals surface area contributed by atoms with Gasteiger partial charge in [-0.15, -0.1) is 0 Å². The summed E-state index contributed by atoms with van der Waals surface area (Å²) in [5.41, 5.74) is 2.39. The molecule has 0 aliphatic rings. The van der Waals surface area contributed by atoms with Gasteiger partial charge in [-0.1, -0.05) is 19.1 Å². The van der Waals surface area contributed by atoms with Crippen LogP contribution in [-0.4, -0.2) is 23.6 Å². The summed E-state index contributed by atoms with van der Waals surface area (Å²) in [7, 11) is 1.68. The first kappa shape index (κ1) is 14.3. The van der Waals surface area contributed by atoms with Crippen molar-refractivity contribution in [3.05, 3.63) is 47.8 Å². The standard InChI is InChI=1S/C16H21N3O/c1-12-10-18-16(19-11-12)17-9-8-13(2)14-4-6-15(20-3)7-5-14/h4-7,10-11,13H,8-9H2,1-3H3,(H,17,18,19). The van der Waals surface area contributed by atoms with Crippen LogP contribution in [0.2, 0.25) is 0 Å². The lowest BCUT2D eigenvalue weighted by atomic mass is 9.98. The Morgan fingerprint density at radius 3 is 2.40 bits per heavy atom. The van der Waals surface area contributed by atoms with Gasteiger partial charge in [0.25, 0.3) is 0 Å². The summed E-state index contributed by atoms with van der Waals surface area (Å²) < 4.78 is 5.17. The maximum absolute atomic E-state index is 5.17. The van der Waals surface area contributed by atoms with E-state index in [0.717, 1.165) is 24.3 Å². The molecule has 0 saturated carbocycles. The molecule has 0 radical (unpaired) electrons. The lowest BCUT2D eigenvalue weighted by Gasteiger charge is -2.13. The van der Waals surface area contributed by atoms with Gasteiger partial charge in [-0.3, -0.25) is 0 Å². The van der Waals surface area contributed by atoms with Crippen molar-refractivity contribution in [1.29, 1.82) is 0 Å². The van der Waals surface area contributed by atoms with Gasteiger partial charge in [0.15, 0.2) is 0 Å². The molecule has 106 valence electrons. The molecule has 2 rings (SSSR count). The first-order valence-corrected chi connectivity index (χ1v) is 6.85. The topological polar surface area (TPSA) is 47.0 Å². The fourth-order valence-electron chi connectivity index (χ4n) is 1.98. The summed E-state index contributed by atoms with van der Waals surface area (Å²) in [6.45, 7) is 5.06. The predicted molar refractivity (Wildman–Crippen MR) is 81.3 cm³/mol. The molecule has 0 fully saturated rings. The number of aryl methyl sites for hydroxylation is 1. The Labute approximate surface area is 120 Å². The second-order valence-electron chi connectivity index (χ2n) is 4.97. The summed E-state index contributed by atoms with van der Waals surface area (Å²) in [5, 5.41) is 3.25. The van der Waals surface area contributed by atoms with E-state index in [-0.39, 0.29) is 0 Å². The van der Waals surface area contributed by atoms with Crippen LogP contribution in [0.1, 0.15) is 30.4 Å². The number of benzene rings is 1. The van der Waals surface area contributed by atoms with Crippen molar-refractivity contribution in [3.8, 4) is 5.75 Å². The molecule has 1 aromatic carbocycles. The molecule has 0 saturated heterocycles. The van der Waals surface area contributed by atoms with Crippen molar-refractivity contribution in [2.24, 2.45) is 0 Å². The van der Waals surface area contributed by atoms with Gasteiger partial charge in [-0.05, 0) is 42.5 Å². The number of nitrogens with one attached hydrogen (secondary N) is 1. The molecule has 20 heavy (non-hydrogen) atoms. The van der Waals surface area contributed by atoms with E-state index in [9.17, 15) is 0 Å². The molecular weight excluding hydrogens is 250 g/mol. The Hall–Kier alpha value is -2.10. The number of hydrogen-bond acceptors (Lipinski definition) is 4. The molecule has 0 aliphatic heterocycles. The van der Waals surface area contributed by atoms with E-state index in [4.69, 9.17) is 4.74 Å². The van der Waals surface area contributed by atoms with Crippen LogP contribution >= 0.6 is 0 Å². The van der Waals surface area contributed by atoms with Crippen LogP contribution in [0.5, 0.6) is 5.75 Å². The average Bonchev–Trinajstić information content (AvgIpc) is 2.49. The molecule has 1 heterocycles. The Morgan fingerprint density at radius 2 is 1.80 bits per heavy atom. The van der Waals surface area contributed by atoms with E-state index in [1.165, 1.54) is 5.56 Å². The molecule has 0 aliphatic carbocycles. The summed E-state index contributed by atoms with van der Waals surface area (Å²) in [6, 6.07) is 8.24. The fraction of sp³-hybridized carbons (Fsp3) is 0.375. The molecule has 1 N–H and O–H groups in total. The molecule has 1 atom stereocenters. The predicted octanol–water partition coefficient (Wildman–Crippen LogP) is 3.40. The summed E-state index contributed by atoms with van der Waals surface area (Å²) >= 11 is 0. The second-order valence-corrected chi connectivity index (χ2v) is 4.97. The molecular formula is C16H21N3O. The number of anilines is 1. The Morgan fingerprint density at radius 1 is 1.15 bits per heavy atom. The maximum atomic E-state index is 5.17. The van der Waals surface area contributed by atoms with E-state index >= 15 is 0 Å². The highest BCUT2D eigenvalue weighted by molar-refractivity contribution is 5.29. The summed E-state index contributed by atoms with van der Waals surface area (Å²) in [5.74, 6) is 2.07. The Kier molecular flexibility index (Phi) is 4.93. The van der Waals surface area contributed by atoms with Crippen LogP contribution in [0.25, 0.3) is 0 Å². The molecule has 4 heteroatoms. The van der Waals surface area contributed by atoms with Gasteiger partial charge >= 0.3 is 0 Å². The van der Waals surface area contributed by atoms with Crippen LogP contribution < -0.4 is 10.1 Å². The molecule has 1 aromatic heterocycles. The third-order valence-corrected chi connectivity index (χ3v) is 3.33. The van der Waals surface area contributed by atoms with Gasteiger partial charge in [0, 0.05) is 18.9 Å². The maximum Gasteiger partial charge on any atom is 0.222 e. The van der Waals surface area contributed by atoms with E-state index in [1.54, 1.807) is 7.11 Å². The number of aromatic nitrogens is 2. The minimum atomic E-state index is 0.485. The molecule has 0 amide bonds. The van der Waals surface area contributed by atoms with Gasteiger partial charge in [-0.25, -0.2) is 9.97 Å². The molecule has 0 bridgehead atoms. The van der Waals surface area contributed by atoms with Crippen LogP contribution in [0.15, 0.2) is 36.7 Å². The molecule has 0 spiro atoms. The SMILES string of the molecule is COc1ccc(C(C)CCNc2ncc(C)cn2)cc1. The van der Waals surface area contributed by atoms with Gasteiger partial charge in [0.05, 0.1) is 7.11 Å². The third kappa shape index (κ3) is 3.95. The number of rotatable bonds is 6. The molecule has 1 unspecified atom stereocenters. The highest BCUT2D eigenvalue weighted by atomic mass is 16.5. The first-order chi connectivity index (χ1) is 9.69. The van der Waals surface area contributed by atoms with E-state index in [2.05, 4.69) is 34.3 Å². The van der Waals surface area contributed by atoms with Crippen molar-refractivity contribution < 1.29 is 4.74 Å². The third-order valence-electron chi connectivity index (χ3n) is 3.33. The van der Waals surface area contributed by atoms with Gasteiger partial charge in [0.2, 0.25) is 5.95 Å². The zero-order valence-corrected chi connectivity index (χ0v) is 12.3. The lowest BCUT2D eigenvalue weighted by molar-refractivity contribution is 0.414. The number of hydrogen-bond donors (Lipinski definition) is 1. The molecule has 2 aromatic rings. The largest absolute Gasteiger partial charge is 0.497 e. The monoisotopic (exact) mass is 271 g/mol. The molecule has 4 nitrogen and oxygen atoms in total. The van der Waals surface area contributed by atoms with Crippen LogP contribution in [0, 0.1) is 6.92 Å². The number of ether oxygens (including phenoxy) is 1. The highest BCUT2D eigenvalue weighted by Gasteiger charge is 2.05. The fourth-order valence-corrected chi connectivity index (χ4v) is 1.98. The van der Waals surface area contributed by atoms with Crippen molar-refractivity contribution in [2.75, 3.05) is 19.0 Å². The Balaban J connectivity index is 1.82. The van der Waals surface area contributed by atoms with Crippen molar-refractivity contribution in [2.45, 2.75) is 26.2 Å². The summed E-state index contributed by atoms with van der Waals surface area (Å²) in [4.78, 5) is 8.46. The highest BCUT2D eigenvalue weighted by Crippen LogP contribution is 2.21. The number of nitrogens with zero attached hydrogens (tertiary/aromatic N) is 2. The van der Waals surface area contributed by atoms with Gasteiger partial charge in [-0.2, -0.15) is 0 Å². The van der Waals surface area contributed by atoms with E-state index < -0.39 is 0 Å². The number of methoxy groups -OCH3 is 1. The lowest BCUT2D eigenvalue weighted by Crippen LogP contribution is -2.08. The van der Waals surface area contributed by atoms with Crippen molar-refractivity contribution in [1.82, 2.24) is 9.97 Å². The van der Waals surface area contributed by atoms with Crippen LogP contribution in [0.3, 0.4) is 0 Å². The van der Waals surface area contributed by atoms with Crippen LogP contribution in [0.4, 0.5) is 5.95 Å². The van der Waals surface area contributed by atoms with E-state index in [0.29, 0.717) is 11.9 Å². The zero-order chi connectivity index (χ0) is 14.4. The smallest absolute Gasteiger partial charge is 0.222 e. The minimum absolute atomic E-state index is 0.485. The van der Waals surface area contributed by atoms with E-state index in [1.807, 2.05) is 31.5 Å². The quantitative estimate of drug-likeness (QED) is 0.874. The first-order valence-electron chi connectivity index (χ1n) is 6.85. The van der Waals surface area contributed by atoms with Crippen molar-refractivity contribution >= 4 is 5.95 Å². The Bertz CT molecular complexity index is 522. The zero-order valence-electron chi connectivity index (χ0n) is 12.3.